The molecule has 0 spiro atoms. The number of methoxy groups -OCH3 is 1. The maximum absolute atomic E-state index is 11.9. The number of ether oxygens (including phenoxy) is 1. The van der Waals surface area contributed by atoms with E-state index in [0.29, 0.717) is 11.3 Å². The molecule has 0 saturated carbocycles. The number of phenols is 1. The molecule has 0 atom stereocenters. The van der Waals surface area contributed by atoms with Crippen LogP contribution < -0.4 is 4.74 Å². The molecule has 2 rings (SSSR count). The maximum atomic E-state index is 11.9. The highest BCUT2D eigenvalue weighted by Crippen LogP contribution is 2.14. The first kappa shape index (κ1) is 23.8. The van der Waals surface area contributed by atoms with Crippen LogP contribution in [-0.2, 0) is 0 Å². The fourth-order valence-corrected chi connectivity index (χ4v) is 1.65. The first-order valence-corrected chi connectivity index (χ1v) is 9.00. The average Bonchev–Trinajstić information content (AvgIpc) is 2.68. The van der Waals surface area contributed by atoms with E-state index in [2.05, 4.69) is 12.6 Å². The van der Waals surface area contributed by atoms with Crippen molar-refractivity contribution in [2.75, 3.05) is 27.1 Å². The largest absolute Gasteiger partial charge is 0.508 e. The van der Waals surface area contributed by atoms with E-state index in [0.717, 1.165) is 11.4 Å². The highest BCUT2D eigenvalue weighted by atomic mass is 32.1. The Morgan fingerprint density at radius 2 is 1.73 bits per heavy atom. The lowest BCUT2D eigenvalue weighted by Crippen LogP contribution is -2.06. The van der Waals surface area contributed by atoms with E-state index in [1.165, 1.54) is 6.08 Å². The third-order valence-electron chi connectivity index (χ3n) is 2.95. The summed E-state index contributed by atoms with van der Waals surface area (Å²) in [6, 6.07) is 13.7. The van der Waals surface area contributed by atoms with Crippen molar-refractivity contribution in [2.45, 2.75) is 13.8 Å². The number of benzene rings is 2. The molecule has 0 radical (unpaired) electrons. The molecule has 26 heavy (non-hydrogen) atoms. The Morgan fingerprint density at radius 1 is 1.15 bits per heavy atom. The number of carbonyl (C=O) groups excluding carboxylic acids is 1. The van der Waals surface area contributed by atoms with Crippen LogP contribution in [0.1, 0.15) is 29.8 Å². The minimum atomic E-state index is -0.0917. The molecular weight excluding hydrogens is 346 g/mol. The molecule has 5 heteroatoms. The van der Waals surface area contributed by atoms with E-state index in [-0.39, 0.29) is 11.5 Å². The van der Waals surface area contributed by atoms with Crippen LogP contribution in [-0.4, -0.2) is 42.9 Å². The fraction of sp³-hybridized carbons (Fsp3) is 0.286. The van der Waals surface area contributed by atoms with Gasteiger partial charge in [-0.25, -0.2) is 0 Å². The third-order valence-corrected chi connectivity index (χ3v) is 3.52. The summed E-state index contributed by atoms with van der Waals surface area (Å²) in [7, 11) is 5.54. The zero-order chi connectivity index (χ0) is 19.9. The van der Waals surface area contributed by atoms with Gasteiger partial charge in [0.25, 0.3) is 0 Å². The molecule has 2 aromatic rings. The Morgan fingerprint density at radius 3 is 2.19 bits per heavy atom. The summed E-state index contributed by atoms with van der Waals surface area (Å²) in [4.78, 5) is 13.9. The summed E-state index contributed by atoms with van der Waals surface area (Å²) in [6.45, 7) is 4.00. The molecule has 0 fully saturated rings. The van der Waals surface area contributed by atoms with Gasteiger partial charge in [0.05, 0.1) is 7.11 Å². The van der Waals surface area contributed by atoms with Crippen LogP contribution in [0.4, 0.5) is 0 Å². The lowest BCUT2D eigenvalue weighted by Gasteiger charge is -2.00. The normalized spacial score (nSPS) is 9.81. The van der Waals surface area contributed by atoms with Crippen molar-refractivity contribution in [3.05, 3.63) is 65.7 Å². The van der Waals surface area contributed by atoms with Crippen molar-refractivity contribution in [1.82, 2.24) is 4.90 Å². The number of carbonyl (C=O) groups is 1. The number of hydrogen-bond donors (Lipinski definition) is 2. The summed E-state index contributed by atoms with van der Waals surface area (Å²) < 4.78 is 5.03. The number of ketones is 1. The minimum Gasteiger partial charge on any atom is -0.508 e. The minimum absolute atomic E-state index is 0.0917. The van der Waals surface area contributed by atoms with Crippen molar-refractivity contribution in [3.63, 3.8) is 0 Å². The SMILES string of the molecule is CC.CN(C)CS.COc1ccc(C(=O)/C=C/c2cccc(O)c2)cc1. The molecule has 4 nitrogen and oxygen atoms in total. The second-order valence-electron chi connectivity index (χ2n) is 5.24. The molecular formula is C21H29NO3S. The third kappa shape index (κ3) is 9.91. The van der Waals surface area contributed by atoms with Gasteiger partial charge in [-0.15, -0.1) is 0 Å². The van der Waals surface area contributed by atoms with E-state index in [1.807, 2.05) is 38.9 Å². The molecule has 0 aliphatic rings. The maximum Gasteiger partial charge on any atom is 0.185 e. The van der Waals surface area contributed by atoms with Gasteiger partial charge in [-0.05, 0) is 62.1 Å². The molecule has 0 bridgehead atoms. The van der Waals surface area contributed by atoms with Crippen LogP contribution in [0.25, 0.3) is 6.08 Å². The van der Waals surface area contributed by atoms with Crippen LogP contribution in [0.2, 0.25) is 0 Å². The Hall–Kier alpha value is -2.24. The number of nitrogens with zero attached hydrogens (tertiary/aromatic N) is 1. The van der Waals surface area contributed by atoms with Gasteiger partial charge in [0.1, 0.15) is 11.5 Å². The molecule has 0 aromatic heterocycles. The van der Waals surface area contributed by atoms with Gasteiger partial charge in [0, 0.05) is 11.4 Å². The molecule has 0 saturated heterocycles. The van der Waals surface area contributed by atoms with Crippen molar-refractivity contribution < 1.29 is 14.6 Å². The van der Waals surface area contributed by atoms with Gasteiger partial charge in [-0.2, -0.15) is 12.6 Å². The predicted molar refractivity (Wildman–Crippen MR) is 113 cm³/mol. The molecule has 0 amide bonds. The van der Waals surface area contributed by atoms with E-state index >= 15 is 0 Å². The van der Waals surface area contributed by atoms with E-state index in [4.69, 9.17) is 4.74 Å². The fourth-order valence-electron chi connectivity index (χ4n) is 1.65. The van der Waals surface area contributed by atoms with Gasteiger partial charge in [-0.3, -0.25) is 4.79 Å². The predicted octanol–water partition coefficient (Wildman–Crippen LogP) is 4.76. The monoisotopic (exact) mass is 375 g/mol. The lowest BCUT2D eigenvalue weighted by atomic mass is 10.1. The first-order valence-electron chi connectivity index (χ1n) is 8.37. The van der Waals surface area contributed by atoms with Crippen LogP contribution in [0.3, 0.4) is 0 Å². The standard InChI is InChI=1S/C16H14O3.C3H9NS.C2H6/c1-19-15-8-6-13(7-9-15)16(18)10-5-12-3-2-4-14(17)11-12;1-4(2)3-5;1-2/h2-11,17H,1H3;5H,3H2,1-2H3;1-2H3/b10-5+;;. The van der Waals surface area contributed by atoms with Crippen LogP contribution in [0.15, 0.2) is 54.6 Å². The molecule has 2 aromatic carbocycles. The first-order chi connectivity index (χ1) is 12.5. The van der Waals surface area contributed by atoms with Crippen molar-refractivity contribution in [2.24, 2.45) is 0 Å². The number of phenolic OH excluding ortho intramolecular Hbond substituents is 1. The number of allylic oxidation sites excluding steroid dienone is 1. The van der Waals surface area contributed by atoms with Crippen molar-refractivity contribution in [3.8, 4) is 11.5 Å². The Bertz CT molecular complexity index is 667. The Balaban J connectivity index is 0.000000772. The van der Waals surface area contributed by atoms with Crippen LogP contribution in [0, 0.1) is 0 Å². The second kappa shape index (κ2) is 14.0. The topological polar surface area (TPSA) is 49.8 Å². The zero-order valence-electron chi connectivity index (χ0n) is 16.1. The zero-order valence-corrected chi connectivity index (χ0v) is 17.0. The van der Waals surface area contributed by atoms with Gasteiger partial charge in [-0.1, -0.05) is 32.1 Å². The number of hydrogen-bond acceptors (Lipinski definition) is 5. The van der Waals surface area contributed by atoms with Crippen LogP contribution in [0.5, 0.6) is 11.5 Å². The van der Waals surface area contributed by atoms with E-state index in [1.54, 1.807) is 55.7 Å². The molecule has 0 aliphatic carbocycles. The Labute approximate surface area is 162 Å². The number of aromatic hydroxyl groups is 1. The second-order valence-corrected chi connectivity index (χ2v) is 5.53. The molecule has 1 N–H and O–H groups in total. The Kier molecular flexibility index (Phi) is 12.8. The summed E-state index contributed by atoms with van der Waals surface area (Å²) in [5.41, 5.74) is 1.37. The van der Waals surface area contributed by atoms with Crippen molar-refractivity contribution >= 4 is 24.5 Å². The molecule has 0 unspecified atom stereocenters. The summed E-state index contributed by atoms with van der Waals surface area (Å²) in [6.07, 6.45) is 3.16. The smallest absolute Gasteiger partial charge is 0.185 e. The van der Waals surface area contributed by atoms with Crippen molar-refractivity contribution in [1.29, 1.82) is 0 Å². The number of rotatable bonds is 5. The number of thiol groups is 1. The highest BCUT2D eigenvalue weighted by molar-refractivity contribution is 7.80. The lowest BCUT2D eigenvalue weighted by molar-refractivity contribution is 0.104. The van der Waals surface area contributed by atoms with Gasteiger partial charge >= 0.3 is 0 Å². The van der Waals surface area contributed by atoms with Gasteiger partial charge in [0.15, 0.2) is 5.78 Å². The summed E-state index contributed by atoms with van der Waals surface area (Å²) in [5.74, 6) is 1.64. The molecule has 142 valence electrons. The van der Waals surface area contributed by atoms with Gasteiger partial charge in [0.2, 0.25) is 0 Å². The summed E-state index contributed by atoms with van der Waals surface area (Å²) in [5, 5.41) is 9.32. The van der Waals surface area contributed by atoms with Crippen LogP contribution >= 0.6 is 12.6 Å². The van der Waals surface area contributed by atoms with E-state index < -0.39 is 0 Å². The average molecular weight is 376 g/mol. The molecule has 0 heterocycles. The quantitative estimate of drug-likeness (QED) is 0.342. The summed E-state index contributed by atoms with van der Waals surface area (Å²) >= 11 is 3.94. The van der Waals surface area contributed by atoms with E-state index in [9.17, 15) is 9.90 Å². The molecule has 0 aliphatic heterocycles. The highest BCUT2D eigenvalue weighted by Gasteiger charge is 2.01. The van der Waals surface area contributed by atoms with Gasteiger partial charge < -0.3 is 14.7 Å².